The van der Waals surface area contributed by atoms with Gasteiger partial charge in [0.2, 0.25) is 11.8 Å². The number of piperidine rings is 1. The Kier molecular flexibility index (Phi) is 6.38. The Bertz CT molecular complexity index is 1420. The molecule has 2 amide bonds. The van der Waals surface area contributed by atoms with Gasteiger partial charge in [-0.3, -0.25) is 14.3 Å². The van der Waals surface area contributed by atoms with E-state index in [9.17, 15) is 14.7 Å². The van der Waals surface area contributed by atoms with Crippen molar-refractivity contribution in [2.24, 2.45) is 13.0 Å². The largest absolute Gasteiger partial charge is 0.444 e. The van der Waals surface area contributed by atoms with E-state index in [4.69, 9.17) is 4.42 Å². The average molecular weight is 490 g/mol. The van der Waals surface area contributed by atoms with Gasteiger partial charge in [-0.1, -0.05) is 0 Å². The highest BCUT2D eigenvalue weighted by molar-refractivity contribution is 6.06. The molecule has 11 nitrogen and oxygen atoms in total. The molecule has 0 bridgehead atoms. The summed E-state index contributed by atoms with van der Waals surface area (Å²) in [5.74, 6) is 0.252. The van der Waals surface area contributed by atoms with Crippen molar-refractivity contribution in [3.63, 3.8) is 0 Å². The number of rotatable bonds is 6. The number of aromatic nitrogens is 4. The summed E-state index contributed by atoms with van der Waals surface area (Å²) in [4.78, 5) is 35.1. The first-order chi connectivity index (χ1) is 17.4. The molecule has 4 heterocycles. The summed E-state index contributed by atoms with van der Waals surface area (Å²) >= 11 is 0. The van der Waals surface area contributed by atoms with Gasteiger partial charge < -0.3 is 25.1 Å². The molecule has 1 aromatic carbocycles. The van der Waals surface area contributed by atoms with Crippen LogP contribution >= 0.6 is 0 Å². The fraction of sp³-hybridized carbons (Fsp3) is 0.320. The molecule has 3 aromatic heterocycles. The van der Waals surface area contributed by atoms with Crippen molar-refractivity contribution >= 4 is 39.9 Å². The number of carbonyl (C=O) groups is 2. The summed E-state index contributed by atoms with van der Waals surface area (Å²) in [5.41, 5.74) is 3.08. The van der Waals surface area contributed by atoms with E-state index in [-0.39, 0.29) is 24.1 Å². The minimum absolute atomic E-state index is 0.124. The molecule has 0 radical (unpaired) electrons. The van der Waals surface area contributed by atoms with Gasteiger partial charge in [-0.2, -0.15) is 5.10 Å². The van der Waals surface area contributed by atoms with E-state index in [1.54, 1.807) is 16.8 Å². The van der Waals surface area contributed by atoms with Gasteiger partial charge in [0.05, 0.1) is 16.9 Å². The lowest BCUT2D eigenvalue weighted by Crippen LogP contribution is -2.35. The number of nitrogens with one attached hydrogen (secondary N) is 2. The topological polar surface area (TPSA) is 138 Å². The van der Waals surface area contributed by atoms with E-state index in [2.05, 4.69) is 30.6 Å². The number of amides is 2. The van der Waals surface area contributed by atoms with Crippen LogP contribution in [0.5, 0.6) is 0 Å². The quantitative estimate of drug-likeness (QED) is 0.376. The molecular formula is C25H27N7O4. The zero-order chi connectivity index (χ0) is 25.2. The maximum absolute atomic E-state index is 13.2. The summed E-state index contributed by atoms with van der Waals surface area (Å²) in [6.45, 7) is 3.14. The van der Waals surface area contributed by atoms with Crippen LogP contribution in [0, 0.1) is 5.92 Å². The smallest absolute Gasteiger partial charge is 0.277 e. The zero-order valence-electron chi connectivity index (χ0n) is 20.1. The lowest BCUT2D eigenvalue weighted by molar-refractivity contribution is -0.114. The first-order valence-corrected chi connectivity index (χ1v) is 11.7. The Hall–Kier alpha value is -4.25. The van der Waals surface area contributed by atoms with Crippen LogP contribution in [-0.2, 0) is 11.8 Å². The molecule has 0 spiro atoms. The number of carbonyl (C=O) groups excluding carboxylic acids is 2. The Labute approximate surface area is 207 Å². The van der Waals surface area contributed by atoms with Gasteiger partial charge in [0.1, 0.15) is 12.1 Å². The fourth-order valence-electron chi connectivity index (χ4n) is 4.41. The first-order valence-electron chi connectivity index (χ1n) is 11.7. The molecule has 36 heavy (non-hydrogen) atoms. The molecule has 5 rings (SSSR count). The minimum atomic E-state index is -0.407. The summed E-state index contributed by atoms with van der Waals surface area (Å²) in [6.07, 6.45) is 6.49. The summed E-state index contributed by atoms with van der Waals surface area (Å²) in [5, 5.41) is 20.5. The number of anilines is 3. The molecule has 1 aliphatic rings. The molecule has 0 saturated carbocycles. The van der Waals surface area contributed by atoms with Crippen LogP contribution in [0.4, 0.5) is 17.2 Å². The molecule has 186 valence electrons. The van der Waals surface area contributed by atoms with E-state index in [0.717, 1.165) is 42.5 Å². The molecule has 11 heteroatoms. The Balaban J connectivity index is 1.40. The Morgan fingerprint density at radius 3 is 2.75 bits per heavy atom. The number of hydrogen-bond donors (Lipinski definition) is 3. The number of fused-ring (bicyclic) bond motifs is 1. The van der Waals surface area contributed by atoms with Gasteiger partial charge in [0.15, 0.2) is 5.69 Å². The van der Waals surface area contributed by atoms with E-state index >= 15 is 0 Å². The van der Waals surface area contributed by atoms with Crippen LogP contribution in [0.3, 0.4) is 0 Å². The number of nitrogens with zero attached hydrogens (tertiary/aromatic N) is 5. The SMILES string of the molecule is CC(=O)Nc1cc(-c2nc(C(=O)Nc3cc4cn(C)nc4cc3N3CCC(CO)CC3)co2)ccn1. The monoisotopic (exact) mass is 489 g/mol. The molecular weight excluding hydrogens is 462 g/mol. The highest BCUT2D eigenvalue weighted by Crippen LogP contribution is 2.34. The second-order valence-electron chi connectivity index (χ2n) is 8.95. The van der Waals surface area contributed by atoms with E-state index in [1.165, 1.54) is 19.4 Å². The highest BCUT2D eigenvalue weighted by Gasteiger charge is 2.23. The van der Waals surface area contributed by atoms with Crippen LogP contribution in [0.25, 0.3) is 22.4 Å². The van der Waals surface area contributed by atoms with Crippen molar-refractivity contribution in [1.82, 2.24) is 19.7 Å². The number of oxazole rings is 1. The molecule has 3 N–H and O–H groups in total. The van der Waals surface area contributed by atoms with E-state index < -0.39 is 5.91 Å². The van der Waals surface area contributed by atoms with Crippen molar-refractivity contribution in [3.8, 4) is 11.5 Å². The van der Waals surface area contributed by atoms with Gasteiger partial charge >= 0.3 is 0 Å². The van der Waals surface area contributed by atoms with Gasteiger partial charge in [-0.25, -0.2) is 9.97 Å². The predicted molar refractivity (Wildman–Crippen MR) is 135 cm³/mol. The molecule has 1 aliphatic heterocycles. The third-order valence-corrected chi connectivity index (χ3v) is 6.25. The minimum Gasteiger partial charge on any atom is -0.444 e. The number of hydrogen-bond acceptors (Lipinski definition) is 8. The maximum atomic E-state index is 13.2. The van der Waals surface area contributed by atoms with Crippen LogP contribution in [-0.4, -0.2) is 56.4 Å². The summed E-state index contributed by atoms with van der Waals surface area (Å²) in [7, 11) is 1.86. The van der Waals surface area contributed by atoms with Crippen LogP contribution in [0.2, 0.25) is 0 Å². The number of aliphatic hydroxyl groups is 1. The predicted octanol–water partition coefficient (Wildman–Crippen LogP) is 3.04. The standard InChI is InChI=1S/C25H27N7O4/c1-15(34)27-23-10-17(3-6-26-23)25-29-21(14-36-25)24(35)28-20-9-18-12-31(2)30-19(18)11-22(20)32-7-4-16(13-33)5-8-32/h3,6,9-12,14,16,33H,4-5,7-8,13H2,1-2H3,(H,28,35)(H,26,27,34). The van der Waals surface area contributed by atoms with Crippen LogP contribution in [0.1, 0.15) is 30.3 Å². The van der Waals surface area contributed by atoms with Crippen molar-refractivity contribution < 1.29 is 19.1 Å². The van der Waals surface area contributed by atoms with Gasteiger partial charge in [-0.05, 0) is 43.0 Å². The number of aryl methyl sites for hydroxylation is 1. The molecule has 0 unspecified atom stereocenters. The van der Waals surface area contributed by atoms with Crippen molar-refractivity contribution in [3.05, 3.63) is 48.6 Å². The zero-order valence-corrected chi connectivity index (χ0v) is 20.1. The Morgan fingerprint density at radius 1 is 1.19 bits per heavy atom. The van der Waals surface area contributed by atoms with Gasteiger partial charge in [0, 0.05) is 57.0 Å². The lowest BCUT2D eigenvalue weighted by Gasteiger charge is -2.34. The number of benzene rings is 1. The Morgan fingerprint density at radius 2 is 2.00 bits per heavy atom. The highest BCUT2D eigenvalue weighted by atomic mass is 16.3. The van der Waals surface area contributed by atoms with E-state index in [1.807, 2.05) is 25.4 Å². The van der Waals surface area contributed by atoms with E-state index in [0.29, 0.717) is 23.0 Å². The first kappa shape index (κ1) is 23.5. The third kappa shape index (κ3) is 4.91. The average Bonchev–Trinajstić information content (AvgIpc) is 3.49. The summed E-state index contributed by atoms with van der Waals surface area (Å²) in [6, 6.07) is 7.21. The lowest BCUT2D eigenvalue weighted by atomic mass is 9.97. The molecule has 4 aromatic rings. The second-order valence-corrected chi connectivity index (χ2v) is 8.95. The maximum Gasteiger partial charge on any atom is 0.277 e. The molecule has 0 aliphatic carbocycles. The number of pyridine rings is 1. The third-order valence-electron chi connectivity index (χ3n) is 6.25. The molecule has 0 atom stereocenters. The second kappa shape index (κ2) is 9.78. The number of aliphatic hydroxyl groups excluding tert-OH is 1. The fourth-order valence-corrected chi connectivity index (χ4v) is 4.41. The van der Waals surface area contributed by atoms with Crippen LogP contribution < -0.4 is 15.5 Å². The van der Waals surface area contributed by atoms with Crippen molar-refractivity contribution in [2.75, 3.05) is 35.2 Å². The van der Waals surface area contributed by atoms with Crippen molar-refractivity contribution in [2.45, 2.75) is 19.8 Å². The molecule has 1 saturated heterocycles. The summed E-state index contributed by atoms with van der Waals surface area (Å²) < 4.78 is 7.30. The van der Waals surface area contributed by atoms with Gasteiger partial charge in [0.25, 0.3) is 5.91 Å². The molecule has 1 fully saturated rings. The van der Waals surface area contributed by atoms with Crippen LogP contribution in [0.15, 0.2) is 47.3 Å². The normalized spacial score (nSPS) is 14.2. The van der Waals surface area contributed by atoms with Crippen molar-refractivity contribution in [1.29, 1.82) is 0 Å². The van der Waals surface area contributed by atoms with Gasteiger partial charge in [-0.15, -0.1) is 0 Å².